The number of para-hydroxylation sites is 1. The van der Waals surface area contributed by atoms with E-state index in [0.29, 0.717) is 16.4 Å². The Labute approximate surface area is 198 Å². The van der Waals surface area contributed by atoms with E-state index >= 15 is 0 Å². The van der Waals surface area contributed by atoms with Crippen molar-refractivity contribution in [3.05, 3.63) is 103 Å². The van der Waals surface area contributed by atoms with Crippen LogP contribution >= 0.6 is 27.5 Å². The first-order valence-corrected chi connectivity index (χ1v) is 10.8. The van der Waals surface area contributed by atoms with Gasteiger partial charge in [0.2, 0.25) is 6.17 Å². The van der Waals surface area contributed by atoms with E-state index < -0.39 is 12.1 Å². The van der Waals surface area contributed by atoms with E-state index in [-0.39, 0.29) is 6.54 Å². The van der Waals surface area contributed by atoms with Crippen LogP contribution in [-0.4, -0.2) is 24.9 Å². The maximum Gasteiger partial charge on any atom is 0.258 e. The molecule has 9 heteroatoms. The molecule has 0 saturated carbocycles. The zero-order valence-electron chi connectivity index (χ0n) is 16.9. The van der Waals surface area contributed by atoms with Gasteiger partial charge in [-0.25, -0.2) is 0 Å². The van der Waals surface area contributed by atoms with Crippen molar-refractivity contribution < 1.29 is 9.53 Å². The number of benzodiazepines with no additional fused rings is 1. The first-order valence-electron chi connectivity index (χ1n) is 9.63. The number of halogens is 2. The molecule has 0 bridgehead atoms. The molecule has 0 fully saturated rings. The molecule has 1 unspecified atom stereocenters. The summed E-state index contributed by atoms with van der Waals surface area (Å²) in [5.74, 6) is 0.300. The molecule has 0 aromatic heterocycles. The summed E-state index contributed by atoms with van der Waals surface area (Å²) in [5, 5.41) is 4.27. The number of carbonyl (C=O) groups excluding carboxylic acids is 1. The molecule has 160 valence electrons. The van der Waals surface area contributed by atoms with E-state index in [9.17, 15) is 4.79 Å². The molecule has 0 radical (unpaired) electrons. The van der Waals surface area contributed by atoms with Crippen LogP contribution in [0.2, 0.25) is 5.02 Å². The number of anilines is 1. The van der Waals surface area contributed by atoms with Crippen molar-refractivity contribution in [1.29, 1.82) is 0 Å². The molecular weight excluding hydrogens is 494 g/mol. The Morgan fingerprint density at radius 1 is 1.16 bits per heavy atom. The average Bonchev–Trinajstić information content (AvgIpc) is 2.92. The third kappa shape index (κ3) is 4.34. The van der Waals surface area contributed by atoms with Gasteiger partial charge in [-0.15, -0.1) is 0 Å². The second kappa shape index (κ2) is 9.44. The van der Waals surface area contributed by atoms with Crippen LogP contribution in [0.4, 0.5) is 5.69 Å². The van der Waals surface area contributed by atoms with E-state index in [1.54, 1.807) is 24.1 Å². The number of rotatable bonds is 5. The number of azide groups is 1. The van der Waals surface area contributed by atoms with Crippen LogP contribution in [0.15, 0.2) is 81.3 Å². The summed E-state index contributed by atoms with van der Waals surface area (Å²) in [6.45, 7) is 0.263. The van der Waals surface area contributed by atoms with Crippen molar-refractivity contribution in [3.63, 3.8) is 0 Å². The van der Waals surface area contributed by atoms with E-state index in [2.05, 4.69) is 30.9 Å². The first-order chi connectivity index (χ1) is 15.5. The highest BCUT2D eigenvalue weighted by atomic mass is 79.9. The van der Waals surface area contributed by atoms with Crippen LogP contribution in [0.1, 0.15) is 16.7 Å². The SMILES string of the molecule is COc1ccc(CN2C(=O)C(N=[N+]=[N-])N=C(c3ccc(Cl)cc3)c3cccc(Br)c32)cc1. The zero-order valence-corrected chi connectivity index (χ0v) is 19.3. The Bertz CT molecular complexity index is 1240. The lowest BCUT2D eigenvalue weighted by atomic mass is 10.00. The Hall–Kier alpha value is -3.32. The third-order valence-electron chi connectivity index (χ3n) is 5.03. The predicted molar refractivity (Wildman–Crippen MR) is 128 cm³/mol. The molecule has 1 amide bonds. The summed E-state index contributed by atoms with van der Waals surface area (Å²) < 4.78 is 5.95. The molecule has 0 spiro atoms. The first kappa shape index (κ1) is 21.9. The molecule has 32 heavy (non-hydrogen) atoms. The van der Waals surface area contributed by atoms with Gasteiger partial charge in [-0.1, -0.05) is 53.1 Å². The number of hydrogen-bond acceptors (Lipinski definition) is 4. The van der Waals surface area contributed by atoms with Crippen molar-refractivity contribution in [2.75, 3.05) is 12.0 Å². The number of amides is 1. The number of fused-ring (bicyclic) bond motifs is 1. The maximum atomic E-state index is 13.5. The van der Waals surface area contributed by atoms with Crippen LogP contribution in [0, 0.1) is 0 Å². The lowest BCUT2D eigenvalue weighted by Gasteiger charge is -2.25. The van der Waals surface area contributed by atoms with Gasteiger partial charge in [0.15, 0.2) is 0 Å². The number of benzene rings is 3. The van der Waals surface area contributed by atoms with E-state index in [1.807, 2.05) is 54.6 Å². The second-order valence-corrected chi connectivity index (χ2v) is 8.26. The van der Waals surface area contributed by atoms with Crippen molar-refractivity contribution in [3.8, 4) is 5.75 Å². The highest BCUT2D eigenvalue weighted by Crippen LogP contribution is 2.36. The highest BCUT2D eigenvalue weighted by molar-refractivity contribution is 9.10. The quantitative estimate of drug-likeness (QED) is 0.235. The van der Waals surface area contributed by atoms with Gasteiger partial charge in [-0.05, 0) is 57.4 Å². The van der Waals surface area contributed by atoms with Crippen molar-refractivity contribution in [2.45, 2.75) is 12.7 Å². The summed E-state index contributed by atoms with van der Waals surface area (Å²) in [6.07, 6.45) is -1.25. The minimum atomic E-state index is -1.25. The molecule has 3 aromatic carbocycles. The summed E-state index contributed by atoms with van der Waals surface area (Å²) in [7, 11) is 1.60. The number of aliphatic imine (C=N–C) groups is 1. The van der Waals surface area contributed by atoms with Gasteiger partial charge in [0.25, 0.3) is 5.91 Å². The molecule has 1 heterocycles. The summed E-state index contributed by atoms with van der Waals surface area (Å²) in [5.41, 5.74) is 12.7. The molecule has 0 aliphatic carbocycles. The fraction of sp³-hybridized carbons (Fsp3) is 0.130. The predicted octanol–water partition coefficient (Wildman–Crippen LogP) is 6.13. The molecule has 0 saturated heterocycles. The summed E-state index contributed by atoms with van der Waals surface area (Å²) in [6, 6.07) is 20.2. The molecule has 4 rings (SSSR count). The topological polar surface area (TPSA) is 90.7 Å². The largest absolute Gasteiger partial charge is 0.497 e. The maximum absolute atomic E-state index is 13.5. The molecule has 0 N–H and O–H groups in total. The van der Waals surface area contributed by atoms with Gasteiger partial charge in [-0.3, -0.25) is 9.79 Å². The molecule has 3 aromatic rings. The van der Waals surface area contributed by atoms with Crippen LogP contribution in [0.5, 0.6) is 5.75 Å². The van der Waals surface area contributed by atoms with Gasteiger partial charge in [-0.2, -0.15) is 0 Å². The Balaban J connectivity index is 1.88. The number of methoxy groups -OCH3 is 1. The normalized spacial score (nSPS) is 15.3. The minimum absolute atomic E-state index is 0.263. The van der Waals surface area contributed by atoms with E-state index in [4.69, 9.17) is 21.9 Å². The van der Waals surface area contributed by atoms with Gasteiger partial charge in [0.05, 0.1) is 25.1 Å². The van der Waals surface area contributed by atoms with Crippen LogP contribution in [-0.2, 0) is 11.3 Å². The second-order valence-electron chi connectivity index (χ2n) is 6.97. The standard InChI is InChI=1S/C23H17BrClN5O2/c1-32-17-11-5-14(6-12-17)13-30-21-18(3-2-4-19(21)24)20(15-7-9-16(25)10-8-15)27-22(23(30)31)28-29-26/h2-12,22H,13H2,1H3. The van der Waals surface area contributed by atoms with Gasteiger partial charge >= 0.3 is 0 Å². The number of carbonyl (C=O) groups is 1. The monoisotopic (exact) mass is 509 g/mol. The van der Waals surface area contributed by atoms with Gasteiger partial charge in [0, 0.05) is 25.5 Å². The fourth-order valence-electron chi connectivity index (χ4n) is 3.51. The van der Waals surface area contributed by atoms with Crippen molar-refractivity contribution in [1.82, 2.24) is 0 Å². The lowest BCUT2D eigenvalue weighted by molar-refractivity contribution is -0.119. The molecule has 1 aliphatic rings. The smallest absolute Gasteiger partial charge is 0.258 e. The minimum Gasteiger partial charge on any atom is -0.497 e. The fourth-order valence-corrected chi connectivity index (χ4v) is 4.22. The zero-order chi connectivity index (χ0) is 22.7. The number of nitrogens with zero attached hydrogens (tertiary/aromatic N) is 5. The van der Waals surface area contributed by atoms with Gasteiger partial charge < -0.3 is 9.64 Å². The summed E-state index contributed by atoms with van der Waals surface area (Å²) >= 11 is 9.66. The number of ether oxygens (including phenoxy) is 1. The average molecular weight is 511 g/mol. The van der Waals surface area contributed by atoms with Crippen molar-refractivity contribution >= 4 is 44.8 Å². The number of hydrogen-bond donors (Lipinski definition) is 0. The Morgan fingerprint density at radius 2 is 1.88 bits per heavy atom. The van der Waals surface area contributed by atoms with Crippen LogP contribution in [0.25, 0.3) is 10.4 Å². The van der Waals surface area contributed by atoms with Crippen LogP contribution in [0.3, 0.4) is 0 Å². The highest BCUT2D eigenvalue weighted by Gasteiger charge is 2.33. The molecule has 7 nitrogen and oxygen atoms in total. The van der Waals surface area contributed by atoms with Crippen LogP contribution < -0.4 is 9.64 Å². The van der Waals surface area contributed by atoms with Gasteiger partial charge in [0.1, 0.15) is 5.75 Å². The Morgan fingerprint density at radius 3 is 2.53 bits per heavy atom. The van der Waals surface area contributed by atoms with E-state index in [0.717, 1.165) is 26.9 Å². The van der Waals surface area contributed by atoms with E-state index in [1.165, 1.54) is 0 Å². The third-order valence-corrected chi connectivity index (χ3v) is 5.92. The Kier molecular flexibility index (Phi) is 6.46. The van der Waals surface area contributed by atoms with Crippen molar-refractivity contribution in [2.24, 2.45) is 10.1 Å². The summed E-state index contributed by atoms with van der Waals surface area (Å²) in [4.78, 5) is 22.5. The molecular formula is C23H17BrClN5O2. The molecule has 1 atom stereocenters. The molecule has 1 aliphatic heterocycles. The lowest BCUT2D eigenvalue weighted by Crippen LogP contribution is -2.36.